The van der Waals surface area contributed by atoms with Gasteiger partial charge in [-0.3, -0.25) is 19.2 Å². The van der Waals surface area contributed by atoms with Gasteiger partial charge in [-0.05, 0) is 92.5 Å². The number of carbonyl (C=O) groups is 4. The molecule has 3 saturated carbocycles. The van der Waals surface area contributed by atoms with Gasteiger partial charge in [-0.2, -0.15) is 0 Å². The number of benzene rings is 2. The molecule has 4 unspecified atom stereocenters. The molecule has 0 aliphatic heterocycles. The van der Waals surface area contributed by atoms with E-state index in [1.54, 1.807) is 24.3 Å². The molecular weight excluding hydrogens is 544 g/mol. The summed E-state index contributed by atoms with van der Waals surface area (Å²) in [5.74, 6) is -1.00. The normalized spacial score (nSPS) is 24.1. The summed E-state index contributed by atoms with van der Waals surface area (Å²) in [6.07, 6.45) is 9.40. The molecule has 4 atom stereocenters. The molecule has 3 aliphatic carbocycles. The van der Waals surface area contributed by atoms with Crippen LogP contribution in [-0.4, -0.2) is 28.7 Å². The summed E-state index contributed by atoms with van der Waals surface area (Å²) in [4.78, 5) is 50.9. The van der Waals surface area contributed by atoms with Gasteiger partial charge in [0.05, 0.1) is 11.8 Å². The molecule has 3 fully saturated rings. The minimum absolute atomic E-state index is 0.0683. The molecule has 8 heteroatoms. The number of carboxylic acids is 1. The summed E-state index contributed by atoms with van der Waals surface area (Å²) < 4.78 is 6.22. The maximum absolute atomic E-state index is 13.4. The van der Waals surface area contributed by atoms with Gasteiger partial charge in [0.15, 0.2) is 0 Å². The van der Waals surface area contributed by atoms with Gasteiger partial charge in [0.1, 0.15) is 17.3 Å². The van der Waals surface area contributed by atoms with E-state index in [4.69, 9.17) is 4.74 Å². The van der Waals surface area contributed by atoms with Crippen LogP contribution >= 0.6 is 0 Å². The second-order valence-corrected chi connectivity index (χ2v) is 12.9. The van der Waals surface area contributed by atoms with E-state index >= 15 is 0 Å². The molecule has 0 aromatic heterocycles. The Labute approximate surface area is 254 Å². The van der Waals surface area contributed by atoms with E-state index in [0.717, 1.165) is 63.4 Å². The molecule has 2 aromatic rings. The van der Waals surface area contributed by atoms with Gasteiger partial charge in [-0.1, -0.05) is 46.0 Å². The van der Waals surface area contributed by atoms with Crippen molar-refractivity contribution in [1.29, 1.82) is 0 Å². The van der Waals surface area contributed by atoms with E-state index in [9.17, 15) is 24.3 Å². The summed E-state index contributed by atoms with van der Waals surface area (Å²) >= 11 is 0. The first-order valence-corrected chi connectivity index (χ1v) is 16.0. The van der Waals surface area contributed by atoms with Gasteiger partial charge in [-0.25, -0.2) is 0 Å². The Kier molecular flexibility index (Phi) is 9.83. The van der Waals surface area contributed by atoms with Crippen molar-refractivity contribution in [3.63, 3.8) is 0 Å². The molecule has 230 valence electrons. The van der Waals surface area contributed by atoms with Crippen LogP contribution in [0.25, 0.3) is 0 Å². The second kappa shape index (κ2) is 13.7. The first-order valence-electron chi connectivity index (χ1n) is 16.0. The Morgan fingerprint density at radius 3 is 1.79 bits per heavy atom. The lowest BCUT2D eigenvalue weighted by atomic mass is 9.69. The first kappa shape index (κ1) is 30.8. The minimum atomic E-state index is -0.910. The van der Waals surface area contributed by atoms with Crippen molar-refractivity contribution in [2.24, 2.45) is 29.6 Å². The zero-order valence-corrected chi connectivity index (χ0v) is 25.3. The highest BCUT2D eigenvalue weighted by Gasteiger charge is 2.40. The molecule has 43 heavy (non-hydrogen) atoms. The molecule has 0 bridgehead atoms. The zero-order chi connectivity index (χ0) is 30.5. The minimum Gasteiger partial charge on any atom is -0.481 e. The van der Waals surface area contributed by atoms with Gasteiger partial charge in [0.25, 0.3) is 0 Å². The molecule has 5 rings (SSSR count). The van der Waals surface area contributed by atoms with Gasteiger partial charge in [-0.15, -0.1) is 0 Å². The highest BCUT2D eigenvalue weighted by Crippen LogP contribution is 2.39. The number of anilines is 2. The van der Waals surface area contributed by atoms with Crippen molar-refractivity contribution >= 4 is 34.9 Å². The summed E-state index contributed by atoms with van der Waals surface area (Å²) in [5.41, 5.74) is 2.23. The summed E-state index contributed by atoms with van der Waals surface area (Å²) in [6, 6.07) is 12.7. The number of hydrogen-bond acceptors (Lipinski definition) is 5. The lowest BCUT2D eigenvalue weighted by Gasteiger charge is -2.34. The monoisotopic (exact) mass is 588 g/mol. The number of rotatable bonds is 10. The van der Waals surface area contributed by atoms with Crippen LogP contribution in [0.3, 0.4) is 0 Å². The smallest absolute Gasteiger partial charge is 0.307 e. The summed E-state index contributed by atoms with van der Waals surface area (Å²) in [5, 5.41) is 15.5. The third kappa shape index (κ3) is 7.28. The van der Waals surface area contributed by atoms with Crippen molar-refractivity contribution in [2.45, 2.75) is 90.4 Å². The molecular formula is C35H44N2O6. The lowest BCUT2D eigenvalue weighted by Crippen LogP contribution is -2.40. The average Bonchev–Trinajstić information content (AvgIpc) is 2.97. The van der Waals surface area contributed by atoms with Crippen molar-refractivity contribution < 1.29 is 29.0 Å². The van der Waals surface area contributed by atoms with Crippen LogP contribution in [-0.2, 0) is 19.2 Å². The van der Waals surface area contributed by atoms with E-state index in [0.29, 0.717) is 41.5 Å². The van der Waals surface area contributed by atoms with E-state index < -0.39 is 17.8 Å². The molecule has 2 amide bonds. The van der Waals surface area contributed by atoms with E-state index in [1.807, 2.05) is 18.2 Å². The summed E-state index contributed by atoms with van der Waals surface area (Å²) in [7, 11) is 0. The number of carbonyl (C=O) groups excluding carboxylic acids is 3. The number of ether oxygens (including phenoxy) is 1. The fraction of sp³-hybridized carbons (Fsp3) is 0.543. The second-order valence-electron chi connectivity index (χ2n) is 12.9. The van der Waals surface area contributed by atoms with E-state index in [2.05, 4.69) is 24.5 Å². The lowest BCUT2D eigenvalue weighted by molar-refractivity contribution is -0.147. The Hall–Kier alpha value is -3.68. The first-order chi connectivity index (χ1) is 20.7. The highest BCUT2D eigenvalue weighted by molar-refractivity contribution is 5.97. The Balaban J connectivity index is 1.22. The molecule has 0 radical (unpaired) electrons. The highest BCUT2D eigenvalue weighted by atomic mass is 16.5. The van der Waals surface area contributed by atoms with E-state index in [-0.39, 0.29) is 35.5 Å². The molecule has 3 N–H and O–H groups in total. The Morgan fingerprint density at radius 1 is 0.698 bits per heavy atom. The van der Waals surface area contributed by atoms with Crippen molar-refractivity contribution in [1.82, 2.24) is 0 Å². The Morgan fingerprint density at radius 2 is 1.23 bits per heavy atom. The van der Waals surface area contributed by atoms with Crippen molar-refractivity contribution in [2.75, 3.05) is 10.6 Å². The maximum atomic E-state index is 13.4. The third-order valence-electron chi connectivity index (χ3n) is 9.64. The fourth-order valence-corrected chi connectivity index (χ4v) is 6.89. The number of carboxylic acid groups (broad SMARTS) is 1. The molecule has 0 spiro atoms. The predicted molar refractivity (Wildman–Crippen MR) is 165 cm³/mol. The van der Waals surface area contributed by atoms with Gasteiger partial charge < -0.3 is 20.5 Å². The van der Waals surface area contributed by atoms with Crippen LogP contribution in [0.4, 0.5) is 11.4 Å². The molecule has 0 heterocycles. The quantitative estimate of drug-likeness (QED) is 0.264. The predicted octanol–water partition coefficient (Wildman–Crippen LogP) is 7.55. The van der Waals surface area contributed by atoms with Crippen LogP contribution in [0, 0.1) is 29.6 Å². The maximum Gasteiger partial charge on any atom is 0.307 e. The molecule has 8 nitrogen and oxygen atoms in total. The van der Waals surface area contributed by atoms with Gasteiger partial charge >= 0.3 is 5.97 Å². The zero-order valence-electron chi connectivity index (χ0n) is 25.3. The van der Waals surface area contributed by atoms with Crippen LogP contribution in [0.15, 0.2) is 42.5 Å². The largest absolute Gasteiger partial charge is 0.481 e. The van der Waals surface area contributed by atoms with Crippen molar-refractivity contribution in [3.05, 3.63) is 48.0 Å². The average molecular weight is 589 g/mol. The van der Waals surface area contributed by atoms with E-state index in [1.165, 1.54) is 0 Å². The number of Topliss-reactive ketones (excluding diaryl/α,β-unsaturated/α-hetero) is 1. The number of aliphatic carboxylic acids is 1. The SMILES string of the molecule is CC(C)c1cc(NC(=O)C2CCCCC2C(=O)C2CCC2)ccc1Oc1ccc(NC(=O)C2CCCCC2C(=O)O)cc1. The molecule has 2 aromatic carbocycles. The van der Waals surface area contributed by atoms with Gasteiger partial charge in [0, 0.05) is 29.1 Å². The Bertz CT molecular complexity index is 1330. The number of hydrogen-bond donors (Lipinski definition) is 3. The number of ketones is 1. The topological polar surface area (TPSA) is 122 Å². The number of nitrogens with one attached hydrogen (secondary N) is 2. The standard InChI is InChI=1S/C35H44N2O6/c1-21(2)30-20-24(37-33(39)27-11-4-3-10-26(27)32(38)22-8-7-9-22)16-19-31(30)43-25-17-14-23(15-18-25)36-34(40)28-12-5-6-13-29(28)35(41)42/h14-22,26-29H,3-13H2,1-2H3,(H,36,40)(H,37,39)(H,41,42). The number of amides is 2. The van der Waals surface area contributed by atoms with Crippen LogP contribution < -0.4 is 15.4 Å². The van der Waals surface area contributed by atoms with Crippen LogP contribution in [0.2, 0.25) is 0 Å². The van der Waals surface area contributed by atoms with Crippen molar-refractivity contribution in [3.8, 4) is 11.5 Å². The molecule has 3 aliphatic rings. The third-order valence-corrected chi connectivity index (χ3v) is 9.64. The fourth-order valence-electron chi connectivity index (χ4n) is 6.89. The van der Waals surface area contributed by atoms with Gasteiger partial charge in [0.2, 0.25) is 11.8 Å². The summed E-state index contributed by atoms with van der Waals surface area (Å²) in [6.45, 7) is 4.13. The molecule has 0 saturated heterocycles. The van der Waals surface area contributed by atoms with Crippen LogP contribution in [0.5, 0.6) is 11.5 Å². The van der Waals surface area contributed by atoms with Crippen LogP contribution in [0.1, 0.15) is 96.0 Å².